The summed E-state index contributed by atoms with van der Waals surface area (Å²) < 4.78 is 35.3. The van der Waals surface area contributed by atoms with Crippen LogP contribution < -0.4 is 9.47 Å². The fraction of sp³-hybridized carbons (Fsp3) is 0.200. The SMILES string of the molecule is C=CC(F)(F)Oc1ccc(OC)cc1Br. The molecule has 82 valence electrons. The van der Waals surface area contributed by atoms with Gasteiger partial charge in [0, 0.05) is 6.08 Å². The molecule has 0 atom stereocenters. The maximum atomic E-state index is 12.8. The van der Waals surface area contributed by atoms with Crippen LogP contribution in [0.3, 0.4) is 0 Å². The van der Waals surface area contributed by atoms with Gasteiger partial charge in [-0.15, -0.1) is 0 Å². The van der Waals surface area contributed by atoms with E-state index < -0.39 is 6.11 Å². The Labute approximate surface area is 94.6 Å². The van der Waals surface area contributed by atoms with E-state index >= 15 is 0 Å². The Balaban J connectivity index is 2.92. The van der Waals surface area contributed by atoms with Crippen molar-refractivity contribution in [2.45, 2.75) is 6.11 Å². The first-order valence-corrected chi connectivity index (χ1v) is 4.82. The van der Waals surface area contributed by atoms with Gasteiger partial charge in [0.1, 0.15) is 11.5 Å². The van der Waals surface area contributed by atoms with E-state index in [1.54, 1.807) is 0 Å². The Hall–Kier alpha value is -1.10. The van der Waals surface area contributed by atoms with Crippen molar-refractivity contribution in [2.75, 3.05) is 7.11 Å². The molecule has 1 aromatic rings. The van der Waals surface area contributed by atoms with Crippen molar-refractivity contribution in [2.24, 2.45) is 0 Å². The standard InChI is InChI=1S/C10H9BrF2O2/c1-3-10(12,13)15-9-5-4-7(14-2)6-8(9)11/h3-6H,1H2,2H3. The summed E-state index contributed by atoms with van der Waals surface area (Å²) in [6.07, 6.45) is -2.94. The third-order valence-electron chi connectivity index (χ3n) is 1.62. The average molecular weight is 279 g/mol. The van der Waals surface area contributed by atoms with Gasteiger partial charge in [-0.3, -0.25) is 0 Å². The molecule has 0 bridgehead atoms. The average Bonchev–Trinajstić information content (AvgIpc) is 2.21. The van der Waals surface area contributed by atoms with E-state index in [0.717, 1.165) is 0 Å². The predicted molar refractivity (Wildman–Crippen MR) is 56.5 cm³/mol. The van der Waals surface area contributed by atoms with Gasteiger partial charge in [-0.25, -0.2) is 0 Å². The number of halogens is 3. The highest BCUT2D eigenvalue weighted by molar-refractivity contribution is 9.10. The molecular formula is C10H9BrF2O2. The van der Waals surface area contributed by atoms with Crippen LogP contribution in [-0.4, -0.2) is 13.2 Å². The molecule has 0 N–H and O–H groups in total. The first kappa shape index (κ1) is 12.0. The highest BCUT2D eigenvalue weighted by Gasteiger charge is 2.27. The fourth-order valence-electron chi connectivity index (χ4n) is 0.880. The van der Waals surface area contributed by atoms with Crippen LogP contribution in [0.2, 0.25) is 0 Å². The molecule has 0 unspecified atom stereocenters. The molecular weight excluding hydrogens is 270 g/mol. The first-order chi connectivity index (χ1) is 6.98. The zero-order valence-electron chi connectivity index (χ0n) is 7.97. The second-order valence-electron chi connectivity index (χ2n) is 2.66. The second kappa shape index (κ2) is 4.61. The summed E-state index contributed by atoms with van der Waals surface area (Å²) in [7, 11) is 1.49. The first-order valence-electron chi connectivity index (χ1n) is 4.02. The molecule has 0 heterocycles. The second-order valence-corrected chi connectivity index (χ2v) is 3.52. The fourth-order valence-corrected chi connectivity index (χ4v) is 1.32. The molecule has 1 aromatic carbocycles. The van der Waals surface area contributed by atoms with E-state index in [4.69, 9.17) is 4.74 Å². The number of alkyl halides is 2. The quantitative estimate of drug-likeness (QED) is 0.784. The molecule has 0 aliphatic carbocycles. The maximum Gasteiger partial charge on any atom is 0.419 e. The van der Waals surface area contributed by atoms with Crippen molar-refractivity contribution in [1.82, 2.24) is 0 Å². The monoisotopic (exact) mass is 278 g/mol. The van der Waals surface area contributed by atoms with E-state index in [9.17, 15) is 8.78 Å². The number of benzene rings is 1. The Bertz CT molecular complexity index is 366. The normalized spacial score (nSPS) is 10.9. The number of rotatable bonds is 4. The molecule has 0 aliphatic heterocycles. The van der Waals surface area contributed by atoms with Crippen LogP contribution in [0.15, 0.2) is 35.3 Å². The summed E-state index contributed by atoms with van der Waals surface area (Å²) in [6, 6.07) is 4.45. The molecule has 0 fully saturated rings. The molecule has 2 nitrogen and oxygen atoms in total. The van der Waals surface area contributed by atoms with Gasteiger partial charge in [0.05, 0.1) is 11.6 Å². The van der Waals surface area contributed by atoms with Gasteiger partial charge in [0.15, 0.2) is 0 Å². The van der Waals surface area contributed by atoms with E-state index in [1.807, 2.05) is 0 Å². The lowest BCUT2D eigenvalue weighted by atomic mass is 10.3. The summed E-state index contributed by atoms with van der Waals surface area (Å²) in [5.41, 5.74) is 0. The molecule has 0 radical (unpaired) electrons. The van der Waals surface area contributed by atoms with Crippen LogP contribution in [-0.2, 0) is 0 Å². The molecule has 5 heteroatoms. The van der Waals surface area contributed by atoms with Gasteiger partial charge in [-0.1, -0.05) is 6.58 Å². The van der Waals surface area contributed by atoms with E-state index in [-0.39, 0.29) is 5.75 Å². The lowest BCUT2D eigenvalue weighted by molar-refractivity contribution is -0.131. The summed E-state index contributed by atoms with van der Waals surface area (Å²) in [5, 5.41) is 0. The highest BCUT2D eigenvalue weighted by Crippen LogP contribution is 2.32. The van der Waals surface area contributed by atoms with Gasteiger partial charge in [0.2, 0.25) is 0 Å². The zero-order valence-corrected chi connectivity index (χ0v) is 9.55. The van der Waals surface area contributed by atoms with Gasteiger partial charge in [0.25, 0.3) is 0 Å². The minimum atomic E-state index is -3.38. The van der Waals surface area contributed by atoms with Crippen LogP contribution in [0.1, 0.15) is 0 Å². The maximum absolute atomic E-state index is 12.8. The Kier molecular flexibility index (Phi) is 3.68. The Morgan fingerprint density at radius 2 is 2.13 bits per heavy atom. The molecule has 0 aromatic heterocycles. The molecule has 1 rings (SSSR count). The van der Waals surface area contributed by atoms with Crippen LogP contribution in [0.25, 0.3) is 0 Å². The molecule has 0 amide bonds. The van der Waals surface area contributed by atoms with Gasteiger partial charge < -0.3 is 9.47 Å². The summed E-state index contributed by atoms with van der Waals surface area (Å²) in [6.45, 7) is 2.98. The molecule has 0 spiro atoms. The minimum absolute atomic E-state index is 0.0284. The van der Waals surface area contributed by atoms with Crippen LogP contribution >= 0.6 is 15.9 Å². The third-order valence-corrected chi connectivity index (χ3v) is 2.24. The largest absolute Gasteiger partial charge is 0.497 e. The summed E-state index contributed by atoms with van der Waals surface area (Å²) in [4.78, 5) is 0. The molecule has 0 aliphatic rings. The minimum Gasteiger partial charge on any atom is -0.497 e. The topological polar surface area (TPSA) is 18.5 Å². The van der Waals surface area contributed by atoms with Gasteiger partial charge in [-0.2, -0.15) is 8.78 Å². The molecule has 0 saturated heterocycles. The van der Waals surface area contributed by atoms with Crippen LogP contribution in [0, 0.1) is 0 Å². The summed E-state index contributed by atoms with van der Waals surface area (Å²) in [5.74, 6) is 0.580. The van der Waals surface area contributed by atoms with Crippen molar-refractivity contribution in [3.63, 3.8) is 0 Å². The molecule has 15 heavy (non-hydrogen) atoms. The lowest BCUT2D eigenvalue weighted by Crippen LogP contribution is -2.21. The zero-order chi connectivity index (χ0) is 11.5. The van der Waals surface area contributed by atoms with Crippen molar-refractivity contribution in [3.8, 4) is 11.5 Å². The van der Waals surface area contributed by atoms with E-state index in [1.165, 1.54) is 25.3 Å². The van der Waals surface area contributed by atoms with Crippen molar-refractivity contribution < 1.29 is 18.3 Å². The smallest absolute Gasteiger partial charge is 0.419 e. The van der Waals surface area contributed by atoms with Crippen LogP contribution in [0.5, 0.6) is 11.5 Å². The predicted octanol–water partition coefficient (Wildman–Crippen LogP) is 3.62. The number of ether oxygens (including phenoxy) is 2. The van der Waals surface area contributed by atoms with E-state index in [0.29, 0.717) is 16.3 Å². The van der Waals surface area contributed by atoms with E-state index in [2.05, 4.69) is 27.2 Å². The number of methoxy groups -OCH3 is 1. The van der Waals surface area contributed by atoms with Gasteiger partial charge in [-0.05, 0) is 34.1 Å². The van der Waals surface area contributed by atoms with Crippen LogP contribution in [0.4, 0.5) is 8.78 Å². The Morgan fingerprint density at radius 1 is 1.47 bits per heavy atom. The highest BCUT2D eigenvalue weighted by atomic mass is 79.9. The number of hydrogen-bond donors (Lipinski definition) is 0. The van der Waals surface area contributed by atoms with Crippen molar-refractivity contribution in [3.05, 3.63) is 35.3 Å². The third kappa shape index (κ3) is 3.20. The lowest BCUT2D eigenvalue weighted by Gasteiger charge is -2.15. The summed E-state index contributed by atoms with van der Waals surface area (Å²) >= 11 is 3.10. The van der Waals surface area contributed by atoms with Crippen molar-refractivity contribution in [1.29, 1.82) is 0 Å². The Morgan fingerprint density at radius 3 is 2.60 bits per heavy atom. The number of hydrogen-bond acceptors (Lipinski definition) is 2. The van der Waals surface area contributed by atoms with Crippen molar-refractivity contribution >= 4 is 15.9 Å². The molecule has 0 saturated carbocycles. The van der Waals surface area contributed by atoms with Gasteiger partial charge >= 0.3 is 6.11 Å².